The van der Waals surface area contributed by atoms with Gasteiger partial charge in [-0.3, -0.25) is 14.4 Å². The number of allylic oxidation sites excluding steroid dienone is 1. The monoisotopic (exact) mass is 488 g/mol. The van der Waals surface area contributed by atoms with E-state index in [4.69, 9.17) is 14.2 Å². The first kappa shape index (κ1) is 26.4. The number of rotatable bonds is 11. The highest BCUT2D eigenvalue weighted by Crippen LogP contribution is 2.51. The molecule has 3 N–H and O–H groups in total. The highest BCUT2D eigenvalue weighted by molar-refractivity contribution is 5.97. The fourth-order valence-electron chi connectivity index (χ4n) is 4.47. The number of ether oxygens (including phenoxy) is 3. The molecule has 10 heteroatoms. The summed E-state index contributed by atoms with van der Waals surface area (Å²) in [5, 5.41) is 23.3. The maximum Gasteiger partial charge on any atom is 0.247 e. The number of aldehydes is 1. The van der Waals surface area contributed by atoms with E-state index in [9.17, 15) is 24.6 Å². The summed E-state index contributed by atoms with van der Waals surface area (Å²) in [7, 11) is 2.94. The Morgan fingerprint density at radius 3 is 2.69 bits per heavy atom. The number of nitrogens with zero attached hydrogens (tertiary/aromatic N) is 1. The van der Waals surface area contributed by atoms with Crippen LogP contribution in [0.1, 0.15) is 35.2 Å². The molecule has 2 aliphatic rings. The predicted octanol–water partition coefficient (Wildman–Crippen LogP) is 0.572. The Bertz CT molecular complexity index is 1010. The second-order valence-corrected chi connectivity index (χ2v) is 8.24. The van der Waals surface area contributed by atoms with Gasteiger partial charge in [0.25, 0.3) is 0 Å². The van der Waals surface area contributed by atoms with E-state index in [-0.39, 0.29) is 37.8 Å². The molecule has 1 heterocycles. The number of carbonyl (C=O) groups is 3. The normalized spacial score (nSPS) is 22.6. The van der Waals surface area contributed by atoms with Gasteiger partial charge in [-0.05, 0) is 30.7 Å². The average molecular weight is 489 g/mol. The summed E-state index contributed by atoms with van der Waals surface area (Å²) in [5.41, 5.74) is 1.12. The minimum Gasteiger partial charge on any atom is -0.493 e. The topological polar surface area (TPSA) is 135 Å². The van der Waals surface area contributed by atoms with Crippen LogP contribution in [0.5, 0.6) is 11.5 Å². The molecule has 1 aliphatic heterocycles. The van der Waals surface area contributed by atoms with Crippen molar-refractivity contribution < 1.29 is 38.8 Å². The van der Waals surface area contributed by atoms with Crippen molar-refractivity contribution in [2.45, 2.75) is 37.5 Å². The average Bonchev–Trinajstić information content (AvgIpc) is 3.26. The molecule has 0 radical (unpaired) electrons. The molecule has 190 valence electrons. The first-order valence-corrected chi connectivity index (χ1v) is 11.5. The summed E-state index contributed by atoms with van der Waals surface area (Å²) in [6.45, 7) is 2.07. The summed E-state index contributed by atoms with van der Waals surface area (Å²) >= 11 is 0. The van der Waals surface area contributed by atoms with Crippen LogP contribution in [-0.2, 0) is 14.3 Å². The van der Waals surface area contributed by atoms with Crippen LogP contribution in [-0.4, -0.2) is 92.0 Å². The van der Waals surface area contributed by atoms with Crippen molar-refractivity contribution in [1.82, 2.24) is 10.2 Å². The minimum absolute atomic E-state index is 0.0255. The zero-order chi connectivity index (χ0) is 25.5. The van der Waals surface area contributed by atoms with Crippen molar-refractivity contribution in [1.29, 1.82) is 0 Å². The zero-order valence-corrected chi connectivity index (χ0v) is 20.1. The van der Waals surface area contributed by atoms with Gasteiger partial charge in [0.2, 0.25) is 11.8 Å². The van der Waals surface area contributed by atoms with Crippen LogP contribution in [0, 0.1) is 0 Å². The fraction of sp³-hybridized carbons (Fsp3) is 0.480. The molecule has 0 saturated carbocycles. The third-order valence-corrected chi connectivity index (χ3v) is 6.09. The van der Waals surface area contributed by atoms with Gasteiger partial charge in [-0.25, -0.2) is 0 Å². The summed E-state index contributed by atoms with van der Waals surface area (Å²) < 4.78 is 16.7. The van der Waals surface area contributed by atoms with Crippen LogP contribution in [0.4, 0.5) is 0 Å². The summed E-state index contributed by atoms with van der Waals surface area (Å²) in [5.74, 6) is -0.894. The lowest BCUT2D eigenvalue weighted by atomic mass is 9.77. The molecule has 2 amide bonds. The second-order valence-electron chi connectivity index (χ2n) is 8.24. The molecule has 4 atom stereocenters. The lowest BCUT2D eigenvalue weighted by molar-refractivity contribution is -0.133. The smallest absolute Gasteiger partial charge is 0.247 e. The number of aliphatic hydroxyl groups is 2. The number of carbonyl (C=O) groups excluding carboxylic acids is 3. The number of hydrogen-bond donors (Lipinski definition) is 3. The maximum atomic E-state index is 13.2. The largest absolute Gasteiger partial charge is 0.493 e. The molecule has 1 aromatic carbocycles. The molecule has 0 saturated heterocycles. The minimum atomic E-state index is -1.19. The fourth-order valence-corrected chi connectivity index (χ4v) is 4.47. The van der Waals surface area contributed by atoms with E-state index >= 15 is 0 Å². The van der Waals surface area contributed by atoms with Gasteiger partial charge in [0.05, 0.1) is 32.3 Å². The van der Waals surface area contributed by atoms with Crippen LogP contribution in [0.2, 0.25) is 0 Å². The Morgan fingerprint density at radius 2 is 2.06 bits per heavy atom. The molecule has 1 aliphatic carbocycles. The van der Waals surface area contributed by atoms with Gasteiger partial charge in [-0.1, -0.05) is 13.0 Å². The Balaban J connectivity index is 2.12. The summed E-state index contributed by atoms with van der Waals surface area (Å²) in [6, 6.07) is 2.24. The van der Waals surface area contributed by atoms with Crippen LogP contribution in [0.25, 0.3) is 0 Å². The summed E-state index contributed by atoms with van der Waals surface area (Å²) in [6.07, 6.45) is 3.91. The first-order valence-electron chi connectivity index (χ1n) is 11.5. The van der Waals surface area contributed by atoms with Crippen molar-refractivity contribution in [3.8, 4) is 11.5 Å². The van der Waals surface area contributed by atoms with E-state index in [1.54, 1.807) is 18.2 Å². The van der Waals surface area contributed by atoms with Gasteiger partial charge in [-0.15, -0.1) is 0 Å². The van der Waals surface area contributed by atoms with Crippen LogP contribution >= 0.6 is 0 Å². The van der Waals surface area contributed by atoms with E-state index in [1.807, 2.05) is 6.92 Å². The molecule has 0 aromatic heterocycles. The Morgan fingerprint density at radius 1 is 1.29 bits per heavy atom. The lowest BCUT2D eigenvalue weighted by Gasteiger charge is -2.40. The van der Waals surface area contributed by atoms with Crippen molar-refractivity contribution in [2.24, 2.45) is 0 Å². The number of aliphatic hydroxyl groups excluding tert-OH is 2. The standard InChI is InChI=1S/C25H32N2O8/c1-4-5-6-20(30)27(8-10-33-2)18-13-17(25(32)26-7-9-28)21-16-11-15(14-29)12-19(34-3)23(16)35-24(21)22(18)31/h5-6,11-14,18,21-22,24,28,31H,4,7-10H2,1-3H3,(H,26,32)/t18-,21+,22+,24+/m1/s1. The van der Waals surface area contributed by atoms with E-state index in [2.05, 4.69) is 5.32 Å². The molecule has 10 nitrogen and oxygen atoms in total. The predicted molar refractivity (Wildman–Crippen MR) is 127 cm³/mol. The second kappa shape index (κ2) is 12.0. The number of fused-ring (bicyclic) bond motifs is 3. The van der Waals surface area contributed by atoms with Crippen LogP contribution in [0.3, 0.4) is 0 Å². The quantitative estimate of drug-likeness (QED) is 0.304. The lowest BCUT2D eigenvalue weighted by Crippen LogP contribution is -2.56. The maximum absolute atomic E-state index is 13.2. The van der Waals surface area contributed by atoms with E-state index < -0.39 is 30.1 Å². The first-order chi connectivity index (χ1) is 16.9. The molecule has 0 bridgehead atoms. The number of benzene rings is 1. The highest BCUT2D eigenvalue weighted by Gasteiger charge is 2.51. The van der Waals surface area contributed by atoms with Gasteiger partial charge in [0.15, 0.2) is 11.5 Å². The van der Waals surface area contributed by atoms with Gasteiger partial charge in [0, 0.05) is 36.9 Å². The Labute approximate surface area is 204 Å². The van der Waals surface area contributed by atoms with E-state index in [0.717, 1.165) is 0 Å². The van der Waals surface area contributed by atoms with Crippen molar-refractivity contribution in [3.63, 3.8) is 0 Å². The number of nitrogens with one attached hydrogen (secondary N) is 1. The Hall–Kier alpha value is -3.21. The third kappa shape index (κ3) is 5.39. The van der Waals surface area contributed by atoms with Crippen LogP contribution < -0.4 is 14.8 Å². The Kier molecular flexibility index (Phi) is 9.02. The molecule has 0 unspecified atom stereocenters. The van der Waals surface area contributed by atoms with Gasteiger partial charge in [-0.2, -0.15) is 0 Å². The molecule has 35 heavy (non-hydrogen) atoms. The van der Waals surface area contributed by atoms with Gasteiger partial charge < -0.3 is 34.6 Å². The highest BCUT2D eigenvalue weighted by atomic mass is 16.5. The SMILES string of the molecule is CCC=CC(=O)N(CCOC)[C@@H]1C=C(C(=O)NCCO)[C@@H]2c3cc(C=O)cc(OC)c3O[C@@H]2[C@H]1O. The molecule has 1 aromatic rings. The van der Waals surface area contributed by atoms with Gasteiger partial charge in [0.1, 0.15) is 18.5 Å². The van der Waals surface area contributed by atoms with Crippen LogP contribution in [0.15, 0.2) is 35.9 Å². The van der Waals surface area contributed by atoms with Crippen molar-refractivity contribution in [3.05, 3.63) is 47.1 Å². The number of methoxy groups -OCH3 is 2. The van der Waals surface area contributed by atoms with Crippen molar-refractivity contribution >= 4 is 18.1 Å². The van der Waals surface area contributed by atoms with Gasteiger partial charge >= 0.3 is 0 Å². The summed E-state index contributed by atoms with van der Waals surface area (Å²) in [4.78, 5) is 39.2. The molecule has 0 spiro atoms. The van der Waals surface area contributed by atoms with E-state index in [0.29, 0.717) is 35.3 Å². The zero-order valence-electron chi connectivity index (χ0n) is 20.1. The molecule has 0 fully saturated rings. The molecule has 3 rings (SSSR count). The van der Waals surface area contributed by atoms with Crippen molar-refractivity contribution in [2.75, 3.05) is 40.5 Å². The van der Waals surface area contributed by atoms with E-state index in [1.165, 1.54) is 31.3 Å². The molecular formula is C25H32N2O8. The molecular weight excluding hydrogens is 456 g/mol. The third-order valence-electron chi connectivity index (χ3n) is 6.09. The number of hydrogen-bond acceptors (Lipinski definition) is 8. The number of amides is 2.